The molecular weight excluding hydrogens is 454 g/mol. The highest BCUT2D eigenvalue weighted by Crippen LogP contribution is 2.28. The Balaban J connectivity index is 1.47. The fourth-order valence-electron chi connectivity index (χ4n) is 4.46. The van der Waals surface area contributed by atoms with E-state index < -0.39 is 30.8 Å². The van der Waals surface area contributed by atoms with Gasteiger partial charge in [-0.1, -0.05) is 18.2 Å². The Morgan fingerprint density at radius 2 is 1.97 bits per heavy atom. The number of carbonyl (C=O) groups is 2. The summed E-state index contributed by atoms with van der Waals surface area (Å²) in [7, 11) is 4.01. The number of amides is 2. The number of halogens is 2. The zero-order valence-electron chi connectivity index (χ0n) is 19.5. The fourth-order valence-corrected chi connectivity index (χ4v) is 4.46. The van der Waals surface area contributed by atoms with Crippen molar-refractivity contribution >= 4 is 39.7 Å². The number of hydrogen-bond donors (Lipinski definition) is 2. The molecule has 0 spiro atoms. The minimum absolute atomic E-state index is 0.150. The van der Waals surface area contributed by atoms with E-state index in [4.69, 9.17) is 0 Å². The summed E-state index contributed by atoms with van der Waals surface area (Å²) in [6, 6.07) is 14.1. The van der Waals surface area contributed by atoms with Gasteiger partial charge in [-0.25, -0.2) is 13.8 Å². The molecule has 2 amide bonds. The predicted octanol–water partition coefficient (Wildman–Crippen LogP) is 3.57. The quantitative estimate of drug-likeness (QED) is 0.442. The van der Waals surface area contributed by atoms with Crippen molar-refractivity contribution in [2.45, 2.75) is 25.4 Å². The molecule has 0 fully saturated rings. The molecule has 0 saturated heterocycles. The SMILES string of the molecule is CN(C)CCCn1c(NC(=O)c2ccc3cc4n(c3c2)CC(F)(F)CNC4=O)nc2ccccc21. The van der Waals surface area contributed by atoms with Gasteiger partial charge in [0.05, 0.1) is 24.1 Å². The molecule has 4 aromatic rings. The van der Waals surface area contributed by atoms with Crippen LogP contribution in [0.3, 0.4) is 0 Å². The van der Waals surface area contributed by atoms with Gasteiger partial charge in [-0.2, -0.15) is 0 Å². The molecule has 2 N–H and O–H groups in total. The van der Waals surface area contributed by atoms with E-state index in [9.17, 15) is 18.4 Å². The molecule has 5 rings (SSSR count). The minimum atomic E-state index is -3.09. The van der Waals surface area contributed by atoms with Crippen LogP contribution < -0.4 is 10.6 Å². The standard InChI is InChI=1S/C25H26F2N6O2/c1-31(2)10-5-11-32-19-7-4-3-6-18(19)29-24(32)30-22(34)17-9-8-16-12-21-23(35)28-14-25(26,27)15-33(21)20(16)13-17/h3-4,6-9,12-13H,5,10-11,14-15H2,1-2H3,(H,28,35)(H,29,30,34). The lowest BCUT2D eigenvalue weighted by molar-refractivity contribution is -0.00920. The van der Waals surface area contributed by atoms with Crippen molar-refractivity contribution in [2.24, 2.45) is 0 Å². The first-order valence-corrected chi connectivity index (χ1v) is 11.4. The second kappa shape index (κ2) is 8.77. The van der Waals surface area contributed by atoms with Gasteiger partial charge in [0.2, 0.25) is 5.95 Å². The lowest BCUT2D eigenvalue weighted by Gasteiger charge is -2.15. The number of aromatic nitrogens is 3. The van der Waals surface area contributed by atoms with E-state index in [0.29, 0.717) is 29.0 Å². The van der Waals surface area contributed by atoms with Crippen LogP contribution in [0.1, 0.15) is 27.3 Å². The molecule has 0 bridgehead atoms. The number of imidazole rings is 1. The molecular formula is C25H26F2N6O2. The highest BCUT2D eigenvalue weighted by atomic mass is 19.3. The molecule has 2 aromatic heterocycles. The predicted molar refractivity (Wildman–Crippen MR) is 130 cm³/mol. The zero-order chi connectivity index (χ0) is 24.7. The van der Waals surface area contributed by atoms with Gasteiger partial charge in [-0.15, -0.1) is 0 Å². The van der Waals surface area contributed by atoms with Crippen LogP contribution in [-0.4, -0.2) is 63.9 Å². The molecule has 182 valence electrons. The molecule has 10 heteroatoms. The number of nitrogens with one attached hydrogen (secondary N) is 2. The van der Waals surface area contributed by atoms with Crippen molar-refractivity contribution in [1.82, 2.24) is 24.3 Å². The molecule has 0 radical (unpaired) electrons. The van der Waals surface area contributed by atoms with Crippen molar-refractivity contribution < 1.29 is 18.4 Å². The van der Waals surface area contributed by atoms with E-state index in [-0.39, 0.29) is 5.69 Å². The van der Waals surface area contributed by atoms with Crippen molar-refractivity contribution in [3.63, 3.8) is 0 Å². The van der Waals surface area contributed by atoms with Crippen LogP contribution in [-0.2, 0) is 13.1 Å². The first-order chi connectivity index (χ1) is 16.7. The molecule has 3 heterocycles. The van der Waals surface area contributed by atoms with E-state index in [1.54, 1.807) is 24.3 Å². The highest BCUT2D eigenvalue weighted by Gasteiger charge is 2.35. The number of benzene rings is 2. The summed E-state index contributed by atoms with van der Waals surface area (Å²) in [4.78, 5) is 32.2. The molecule has 35 heavy (non-hydrogen) atoms. The van der Waals surface area contributed by atoms with Gasteiger partial charge < -0.3 is 19.4 Å². The van der Waals surface area contributed by atoms with Gasteiger partial charge in [0.25, 0.3) is 17.7 Å². The summed E-state index contributed by atoms with van der Waals surface area (Å²) in [6.07, 6.45) is 0.870. The Morgan fingerprint density at radius 1 is 1.17 bits per heavy atom. The lowest BCUT2D eigenvalue weighted by Crippen LogP contribution is -2.35. The van der Waals surface area contributed by atoms with Crippen LogP contribution in [0.4, 0.5) is 14.7 Å². The van der Waals surface area contributed by atoms with Gasteiger partial charge in [0.1, 0.15) is 5.69 Å². The average Bonchev–Trinajstić information content (AvgIpc) is 3.31. The van der Waals surface area contributed by atoms with Gasteiger partial charge in [-0.3, -0.25) is 14.9 Å². The summed E-state index contributed by atoms with van der Waals surface area (Å²) in [5.74, 6) is -3.63. The summed E-state index contributed by atoms with van der Waals surface area (Å²) in [6.45, 7) is 0.189. The first-order valence-electron chi connectivity index (χ1n) is 11.4. The maximum atomic E-state index is 14.2. The maximum Gasteiger partial charge on any atom is 0.282 e. The van der Waals surface area contributed by atoms with Crippen LogP contribution in [0.25, 0.3) is 21.9 Å². The number of aryl methyl sites for hydroxylation is 1. The van der Waals surface area contributed by atoms with Crippen LogP contribution in [0, 0.1) is 0 Å². The van der Waals surface area contributed by atoms with E-state index in [0.717, 1.165) is 24.0 Å². The summed E-state index contributed by atoms with van der Waals surface area (Å²) in [5.41, 5.74) is 2.54. The number of anilines is 1. The monoisotopic (exact) mass is 480 g/mol. The summed E-state index contributed by atoms with van der Waals surface area (Å²) in [5, 5.41) is 5.76. The number of carbonyl (C=O) groups excluding carboxylic acids is 2. The van der Waals surface area contributed by atoms with Gasteiger partial charge in [0.15, 0.2) is 0 Å². The molecule has 1 aliphatic heterocycles. The summed E-state index contributed by atoms with van der Waals surface area (Å²) >= 11 is 0. The molecule has 0 atom stereocenters. The minimum Gasteiger partial charge on any atom is -0.345 e. The van der Waals surface area contributed by atoms with Gasteiger partial charge in [-0.05, 0) is 57.4 Å². The van der Waals surface area contributed by atoms with Crippen molar-refractivity contribution in [3.05, 3.63) is 59.8 Å². The third-order valence-corrected chi connectivity index (χ3v) is 6.16. The van der Waals surface area contributed by atoms with Gasteiger partial charge >= 0.3 is 0 Å². The number of alkyl halides is 2. The normalized spacial score (nSPS) is 15.3. The number of nitrogens with zero attached hydrogens (tertiary/aromatic N) is 4. The number of hydrogen-bond acceptors (Lipinski definition) is 4. The number of rotatable bonds is 6. The third kappa shape index (κ3) is 4.49. The zero-order valence-corrected chi connectivity index (χ0v) is 19.5. The topological polar surface area (TPSA) is 84.2 Å². The Kier molecular flexibility index (Phi) is 5.76. The van der Waals surface area contributed by atoms with Crippen molar-refractivity contribution in [2.75, 3.05) is 32.5 Å². The second-order valence-electron chi connectivity index (χ2n) is 9.11. The van der Waals surface area contributed by atoms with E-state index in [1.807, 2.05) is 42.9 Å². The molecule has 0 saturated carbocycles. The molecule has 8 nitrogen and oxygen atoms in total. The molecule has 0 unspecified atom stereocenters. The fraction of sp³-hybridized carbons (Fsp3) is 0.320. The van der Waals surface area contributed by atoms with E-state index in [1.165, 1.54) is 4.57 Å². The van der Waals surface area contributed by atoms with Crippen LogP contribution in [0.2, 0.25) is 0 Å². The summed E-state index contributed by atoms with van der Waals surface area (Å²) < 4.78 is 31.7. The lowest BCUT2D eigenvalue weighted by atomic mass is 10.1. The van der Waals surface area contributed by atoms with Crippen LogP contribution in [0.15, 0.2) is 48.5 Å². The Hall–Kier alpha value is -3.79. The Labute approximate surface area is 200 Å². The number of fused-ring (bicyclic) bond motifs is 4. The molecule has 2 aromatic carbocycles. The van der Waals surface area contributed by atoms with E-state index in [2.05, 4.69) is 20.5 Å². The Bertz CT molecular complexity index is 1440. The van der Waals surface area contributed by atoms with E-state index >= 15 is 0 Å². The van der Waals surface area contributed by atoms with Crippen molar-refractivity contribution in [1.29, 1.82) is 0 Å². The van der Waals surface area contributed by atoms with Crippen molar-refractivity contribution in [3.8, 4) is 0 Å². The maximum absolute atomic E-state index is 14.2. The second-order valence-corrected chi connectivity index (χ2v) is 9.11. The first kappa shape index (κ1) is 23.0. The molecule has 1 aliphatic rings. The number of para-hydroxylation sites is 2. The smallest absolute Gasteiger partial charge is 0.282 e. The van der Waals surface area contributed by atoms with Crippen LogP contribution in [0.5, 0.6) is 0 Å². The van der Waals surface area contributed by atoms with Crippen LogP contribution >= 0.6 is 0 Å². The Morgan fingerprint density at radius 3 is 2.77 bits per heavy atom. The average molecular weight is 481 g/mol. The third-order valence-electron chi connectivity index (χ3n) is 6.16. The van der Waals surface area contributed by atoms with Gasteiger partial charge in [0, 0.05) is 23.0 Å². The largest absolute Gasteiger partial charge is 0.345 e. The highest BCUT2D eigenvalue weighted by molar-refractivity contribution is 6.07. The molecule has 0 aliphatic carbocycles.